The third-order valence-electron chi connectivity index (χ3n) is 6.88. The van der Waals surface area contributed by atoms with Gasteiger partial charge in [-0.15, -0.1) is 0 Å². The van der Waals surface area contributed by atoms with Gasteiger partial charge in [0.15, 0.2) is 5.13 Å². The molecule has 1 atom stereocenters. The molecule has 5 rings (SSSR count). The number of aryl methyl sites for hydroxylation is 2. The Balaban J connectivity index is 1.71. The summed E-state index contributed by atoms with van der Waals surface area (Å²) in [4.78, 5) is 33.3. The van der Waals surface area contributed by atoms with Crippen LogP contribution in [0.15, 0.2) is 66.2 Å². The maximum Gasteiger partial charge on any atom is 0.301 e. The molecule has 38 heavy (non-hydrogen) atoms. The van der Waals surface area contributed by atoms with E-state index in [2.05, 4.69) is 13.8 Å². The maximum atomic E-state index is 13.6. The van der Waals surface area contributed by atoms with E-state index in [1.165, 1.54) is 16.2 Å². The van der Waals surface area contributed by atoms with Crippen molar-refractivity contribution in [1.82, 2.24) is 4.98 Å². The van der Waals surface area contributed by atoms with Gasteiger partial charge in [0, 0.05) is 5.56 Å². The maximum absolute atomic E-state index is 13.6. The molecule has 6 nitrogen and oxygen atoms in total. The van der Waals surface area contributed by atoms with E-state index in [-0.39, 0.29) is 11.3 Å². The van der Waals surface area contributed by atoms with Crippen molar-refractivity contribution in [2.75, 3.05) is 11.5 Å². The number of hydrogen-bond acceptors (Lipinski definition) is 6. The number of anilines is 1. The van der Waals surface area contributed by atoms with Crippen LogP contribution >= 0.6 is 11.3 Å². The van der Waals surface area contributed by atoms with Gasteiger partial charge in [0.2, 0.25) is 0 Å². The predicted octanol–water partition coefficient (Wildman–Crippen LogP) is 7.06. The van der Waals surface area contributed by atoms with Crippen molar-refractivity contribution in [2.24, 2.45) is 0 Å². The van der Waals surface area contributed by atoms with Crippen LogP contribution in [-0.2, 0) is 9.59 Å². The molecule has 2 heterocycles. The van der Waals surface area contributed by atoms with Gasteiger partial charge in [-0.3, -0.25) is 14.5 Å². The van der Waals surface area contributed by atoms with E-state index < -0.39 is 17.7 Å². The van der Waals surface area contributed by atoms with E-state index in [9.17, 15) is 14.7 Å². The normalized spacial score (nSPS) is 17.1. The molecule has 1 aliphatic heterocycles. The molecule has 0 aliphatic carbocycles. The number of rotatable bonds is 6. The largest absolute Gasteiger partial charge is 0.507 e. The number of amides is 1. The molecule has 1 aromatic heterocycles. The zero-order valence-corrected chi connectivity index (χ0v) is 22.9. The fourth-order valence-electron chi connectivity index (χ4n) is 4.80. The number of benzene rings is 3. The Kier molecular flexibility index (Phi) is 6.80. The molecule has 1 amide bonds. The highest BCUT2D eigenvalue weighted by Crippen LogP contribution is 2.45. The first-order chi connectivity index (χ1) is 18.2. The highest BCUT2D eigenvalue weighted by Gasteiger charge is 2.48. The first-order valence-electron chi connectivity index (χ1n) is 12.7. The van der Waals surface area contributed by atoms with Crippen molar-refractivity contribution in [3.8, 4) is 5.75 Å². The molecular weight excluding hydrogens is 496 g/mol. The third kappa shape index (κ3) is 4.47. The van der Waals surface area contributed by atoms with Crippen LogP contribution in [0.5, 0.6) is 5.75 Å². The molecule has 1 unspecified atom stereocenters. The van der Waals surface area contributed by atoms with Gasteiger partial charge in [-0.1, -0.05) is 67.1 Å². The first kappa shape index (κ1) is 25.7. The number of Topliss-reactive ketones (excluding diaryl/α,β-unsaturated/α-hetero) is 1. The van der Waals surface area contributed by atoms with Gasteiger partial charge in [0.25, 0.3) is 5.78 Å². The molecular formula is C31H30N2O4S. The van der Waals surface area contributed by atoms with Crippen LogP contribution in [0.2, 0.25) is 0 Å². The van der Waals surface area contributed by atoms with E-state index >= 15 is 0 Å². The summed E-state index contributed by atoms with van der Waals surface area (Å²) in [7, 11) is 0. The minimum absolute atomic E-state index is 0.0651. The van der Waals surface area contributed by atoms with Gasteiger partial charge in [0.05, 0.1) is 28.4 Å². The summed E-state index contributed by atoms with van der Waals surface area (Å²) >= 11 is 1.32. The van der Waals surface area contributed by atoms with Gasteiger partial charge in [0.1, 0.15) is 11.5 Å². The second-order valence-corrected chi connectivity index (χ2v) is 10.9. The number of aromatic nitrogens is 1. The second kappa shape index (κ2) is 10.1. The number of thiazole rings is 1. The summed E-state index contributed by atoms with van der Waals surface area (Å²) in [5, 5.41) is 11.9. The Labute approximate surface area is 226 Å². The molecule has 1 aliphatic rings. The molecule has 0 radical (unpaired) electrons. The second-order valence-electron chi connectivity index (χ2n) is 9.87. The number of hydrogen-bond donors (Lipinski definition) is 1. The number of ether oxygens (including phenoxy) is 1. The van der Waals surface area contributed by atoms with Crippen LogP contribution in [0.1, 0.15) is 60.5 Å². The summed E-state index contributed by atoms with van der Waals surface area (Å²) in [5.74, 6) is -0.568. The molecule has 1 N–H and O–H groups in total. The summed E-state index contributed by atoms with van der Waals surface area (Å²) in [6.45, 7) is 10.5. The number of aliphatic hydroxyl groups is 1. The number of carbonyl (C=O) groups is 2. The highest BCUT2D eigenvalue weighted by atomic mass is 32.1. The molecule has 0 bridgehead atoms. The van der Waals surface area contributed by atoms with Gasteiger partial charge in [-0.05, 0) is 67.6 Å². The molecule has 7 heteroatoms. The van der Waals surface area contributed by atoms with Crippen LogP contribution < -0.4 is 9.64 Å². The first-order valence-corrected chi connectivity index (χ1v) is 13.5. The average Bonchev–Trinajstić information content (AvgIpc) is 3.43. The topological polar surface area (TPSA) is 79.7 Å². The fourth-order valence-corrected chi connectivity index (χ4v) is 5.82. The molecule has 194 valence electrons. The van der Waals surface area contributed by atoms with E-state index in [0.29, 0.717) is 34.5 Å². The zero-order valence-electron chi connectivity index (χ0n) is 22.1. The van der Waals surface area contributed by atoms with E-state index in [4.69, 9.17) is 9.72 Å². The fraction of sp³-hybridized carbons (Fsp3) is 0.258. The molecule has 1 saturated heterocycles. The number of aliphatic hydroxyl groups excluding tert-OH is 1. The van der Waals surface area contributed by atoms with E-state index in [0.717, 1.165) is 27.0 Å². The SMILES string of the molecule is CCOc1ccc2nc(N3C(=O)C(=O)C(=C(O)c4cc(C)ccc4C)C3c3ccc(C(C)C)cc3)sc2c1. The quantitative estimate of drug-likeness (QED) is 0.165. The van der Waals surface area contributed by atoms with E-state index in [1.54, 1.807) is 0 Å². The molecule has 0 saturated carbocycles. The lowest BCUT2D eigenvalue weighted by Crippen LogP contribution is -2.29. The van der Waals surface area contributed by atoms with Gasteiger partial charge in [-0.2, -0.15) is 0 Å². The molecule has 4 aromatic rings. The summed E-state index contributed by atoms with van der Waals surface area (Å²) in [6, 6.07) is 18.3. The van der Waals surface area contributed by atoms with Gasteiger partial charge < -0.3 is 9.84 Å². The Morgan fingerprint density at radius 3 is 2.47 bits per heavy atom. The zero-order chi connectivity index (χ0) is 27.1. The van der Waals surface area contributed by atoms with Crippen LogP contribution in [0.25, 0.3) is 16.0 Å². The van der Waals surface area contributed by atoms with Crippen LogP contribution in [0.3, 0.4) is 0 Å². The monoisotopic (exact) mass is 526 g/mol. The lowest BCUT2D eigenvalue weighted by atomic mass is 9.92. The van der Waals surface area contributed by atoms with Gasteiger partial charge >= 0.3 is 5.91 Å². The summed E-state index contributed by atoms with van der Waals surface area (Å²) in [6.07, 6.45) is 0. The average molecular weight is 527 g/mol. The molecule has 3 aromatic carbocycles. The van der Waals surface area contributed by atoms with Crippen molar-refractivity contribution in [3.63, 3.8) is 0 Å². The van der Waals surface area contributed by atoms with Crippen molar-refractivity contribution in [2.45, 2.75) is 46.6 Å². The molecule has 1 fully saturated rings. The van der Waals surface area contributed by atoms with Crippen molar-refractivity contribution in [1.29, 1.82) is 0 Å². The Bertz CT molecular complexity index is 1580. The van der Waals surface area contributed by atoms with Gasteiger partial charge in [-0.25, -0.2) is 4.98 Å². The lowest BCUT2D eigenvalue weighted by Gasteiger charge is -2.23. The van der Waals surface area contributed by atoms with Crippen LogP contribution in [0, 0.1) is 13.8 Å². The Morgan fingerprint density at radius 1 is 1.05 bits per heavy atom. The highest BCUT2D eigenvalue weighted by molar-refractivity contribution is 7.22. The summed E-state index contributed by atoms with van der Waals surface area (Å²) in [5.41, 5.74) is 4.95. The summed E-state index contributed by atoms with van der Waals surface area (Å²) < 4.78 is 6.47. The number of nitrogens with zero attached hydrogens (tertiary/aromatic N) is 2. The smallest absolute Gasteiger partial charge is 0.301 e. The van der Waals surface area contributed by atoms with Crippen LogP contribution in [0.4, 0.5) is 5.13 Å². The Hall–Kier alpha value is -3.97. The van der Waals surface area contributed by atoms with Crippen LogP contribution in [-0.4, -0.2) is 28.4 Å². The standard InChI is InChI=1S/C31H30N2O4S/c1-6-37-22-13-14-24-25(16-22)38-31(32-24)33-27(21-11-9-20(10-12-21)17(2)3)26(29(35)30(33)36)28(34)23-15-18(4)7-8-19(23)5/h7-17,27,34H,6H2,1-5H3. The number of ketones is 1. The minimum Gasteiger partial charge on any atom is -0.507 e. The third-order valence-corrected chi connectivity index (χ3v) is 7.89. The molecule has 0 spiro atoms. The Morgan fingerprint density at radius 2 is 1.79 bits per heavy atom. The van der Waals surface area contributed by atoms with Crippen molar-refractivity contribution in [3.05, 3.63) is 94.1 Å². The van der Waals surface area contributed by atoms with Crippen molar-refractivity contribution < 1.29 is 19.4 Å². The number of fused-ring (bicyclic) bond motifs is 1. The van der Waals surface area contributed by atoms with Crippen molar-refractivity contribution >= 4 is 44.1 Å². The minimum atomic E-state index is -0.817. The lowest BCUT2D eigenvalue weighted by molar-refractivity contribution is -0.132. The van der Waals surface area contributed by atoms with E-state index in [1.807, 2.05) is 81.4 Å². The predicted molar refractivity (Wildman–Crippen MR) is 152 cm³/mol. The number of carbonyl (C=O) groups excluding carboxylic acids is 2.